The van der Waals surface area contributed by atoms with Crippen LogP contribution in [0.3, 0.4) is 0 Å². The Labute approximate surface area is 130 Å². The molecular weight excluding hydrogens is 336 g/mol. The van der Waals surface area contributed by atoms with E-state index in [1.807, 2.05) is 12.1 Å². The molecule has 0 spiro atoms. The smallest absolute Gasteiger partial charge is 0.178 e. The summed E-state index contributed by atoms with van der Waals surface area (Å²) < 4.78 is 2.52. The molecule has 2 N–H and O–H groups in total. The van der Waals surface area contributed by atoms with Crippen LogP contribution in [0.4, 0.5) is 0 Å². The number of nitrogens with one attached hydrogen (secondary N) is 1. The molecule has 1 aliphatic heterocycles. The van der Waals surface area contributed by atoms with Crippen molar-refractivity contribution in [1.29, 1.82) is 0 Å². The Bertz CT molecular complexity index is 657. The van der Waals surface area contributed by atoms with Crippen LogP contribution < -0.4 is 5.32 Å². The van der Waals surface area contributed by atoms with Gasteiger partial charge in [-0.25, -0.2) is 9.97 Å². The Kier molecular flexibility index (Phi) is 4.32. The zero-order valence-corrected chi connectivity index (χ0v) is 13.1. The molecule has 2 aromatic heterocycles. The molecular formula is C14H17BrN4O2. The largest absolute Gasteiger partial charge is 0.391 e. The molecule has 0 aliphatic carbocycles. The SMILES string of the molecule is O=C(C[C@H]1NCCC[C@@H]1O)Cn1cnc2nc(Br)ccc21. The first-order chi connectivity index (χ1) is 10.1. The molecule has 0 bridgehead atoms. The van der Waals surface area contributed by atoms with Gasteiger partial charge in [0, 0.05) is 12.5 Å². The van der Waals surface area contributed by atoms with Gasteiger partial charge in [-0.2, -0.15) is 0 Å². The maximum absolute atomic E-state index is 12.2. The van der Waals surface area contributed by atoms with Crippen molar-refractivity contribution >= 4 is 32.9 Å². The van der Waals surface area contributed by atoms with Crippen molar-refractivity contribution < 1.29 is 9.90 Å². The number of fused-ring (bicyclic) bond motifs is 1. The second-order valence-corrected chi connectivity index (χ2v) is 6.17. The molecule has 6 nitrogen and oxygen atoms in total. The number of rotatable bonds is 4. The summed E-state index contributed by atoms with van der Waals surface area (Å²) in [6.45, 7) is 1.12. The number of nitrogens with zero attached hydrogens (tertiary/aromatic N) is 3. The number of hydrogen-bond acceptors (Lipinski definition) is 5. The standard InChI is InChI=1S/C14H17BrN4O2/c15-13-4-3-11-14(18-13)17-8-19(11)7-9(20)6-10-12(21)2-1-5-16-10/h3-4,8,10,12,16,21H,1-2,5-7H2/t10-,12+/m1/s1. The Morgan fingerprint density at radius 3 is 3.19 bits per heavy atom. The van der Waals surface area contributed by atoms with Crippen molar-refractivity contribution in [1.82, 2.24) is 19.9 Å². The molecule has 3 heterocycles. The minimum atomic E-state index is -0.431. The fourth-order valence-electron chi connectivity index (χ4n) is 2.69. The Hall–Kier alpha value is -1.31. The number of ketones is 1. The Morgan fingerprint density at radius 1 is 1.52 bits per heavy atom. The molecule has 21 heavy (non-hydrogen) atoms. The molecule has 3 rings (SSSR count). The molecule has 0 saturated carbocycles. The number of aliphatic hydroxyl groups excluding tert-OH is 1. The van der Waals surface area contributed by atoms with E-state index in [4.69, 9.17) is 0 Å². The highest BCUT2D eigenvalue weighted by Crippen LogP contribution is 2.16. The van der Waals surface area contributed by atoms with E-state index < -0.39 is 6.10 Å². The van der Waals surface area contributed by atoms with Crippen LogP contribution >= 0.6 is 15.9 Å². The maximum atomic E-state index is 12.2. The van der Waals surface area contributed by atoms with Crippen LogP contribution in [-0.2, 0) is 11.3 Å². The van der Waals surface area contributed by atoms with Gasteiger partial charge in [-0.1, -0.05) is 0 Å². The number of carbonyl (C=O) groups excluding carboxylic acids is 1. The first kappa shape index (κ1) is 14.6. The zero-order chi connectivity index (χ0) is 14.8. The molecule has 0 aromatic carbocycles. The molecule has 2 atom stereocenters. The predicted molar refractivity (Wildman–Crippen MR) is 81.9 cm³/mol. The van der Waals surface area contributed by atoms with Gasteiger partial charge in [0.25, 0.3) is 0 Å². The molecule has 1 aliphatic rings. The molecule has 7 heteroatoms. The monoisotopic (exact) mass is 352 g/mol. The van der Waals surface area contributed by atoms with Crippen molar-refractivity contribution in [3.63, 3.8) is 0 Å². The lowest BCUT2D eigenvalue weighted by Crippen LogP contribution is -2.46. The summed E-state index contributed by atoms with van der Waals surface area (Å²) in [7, 11) is 0. The number of imidazole rings is 1. The van der Waals surface area contributed by atoms with Gasteiger partial charge in [0.05, 0.1) is 24.5 Å². The Morgan fingerprint density at radius 2 is 2.38 bits per heavy atom. The summed E-state index contributed by atoms with van der Waals surface area (Å²) in [5, 5.41) is 13.1. The van der Waals surface area contributed by atoms with Gasteiger partial charge in [0.1, 0.15) is 4.60 Å². The van der Waals surface area contributed by atoms with Gasteiger partial charge in [-0.3, -0.25) is 4.79 Å². The Balaban J connectivity index is 1.68. The fourth-order valence-corrected chi connectivity index (χ4v) is 2.99. The van der Waals surface area contributed by atoms with E-state index in [0.29, 0.717) is 12.1 Å². The zero-order valence-electron chi connectivity index (χ0n) is 11.5. The number of aromatic nitrogens is 3. The lowest BCUT2D eigenvalue weighted by Gasteiger charge is -2.28. The van der Waals surface area contributed by atoms with E-state index in [1.165, 1.54) is 0 Å². The predicted octanol–water partition coefficient (Wildman–Crippen LogP) is 1.27. The third kappa shape index (κ3) is 3.30. The second kappa shape index (κ2) is 6.21. The molecule has 112 valence electrons. The minimum absolute atomic E-state index is 0.0793. The molecule has 1 fully saturated rings. The van der Waals surface area contributed by atoms with Crippen molar-refractivity contribution in [2.45, 2.75) is 38.0 Å². The van der Waals surface area contributed by atoms with Crippen molar-refractivity contribution in [2.75, 3.05) is 6.54 Å². The van der Waals surface area contributed by atoms with Crippen molar-refractivity contribution in [3.05, 3.63) is 23.1 Å². The van der Waals surface area contributed by atoms with Gasteiger partial charge < -0.3 is 15.0 Å². The lowest BCUT2D eigenvalue weighted by molar-refractivity contribution is -0.121. The van der Waals surface area contributed by atoms with Crippen molar-refractivity contribution in [3.8, 4) is 0 Å². The number of aliphatic hydroxyl groups is 1. The van der Waals surface area contributed by atoms with E-state index in [-0.39, 0.29) is 18.4 Å². The number of halogens is 1. The summed E-state index contributed by atoms with van der Waals surface area (Å²) in [6.07, 6.45) is 3.26. The highest BCUT2D eigenvalue weighted by molar-refractivity contribution is 9.10. The molecule has 1 saturated heterocycles. The maximum Gasteiger partial charge on any atom is 0.178 e. The highest BCUT2D eigenvalue weighted by atomic mass is 79.9. The third-order valence-corrected chi connectivity index (χ3v) is 4.23. The van der Waals surface area contributed by atoms with E-state index in [0.717, 1.165) is 29.5 Å². The van der Waals surface area contributed by atoms with Crippen LogP contribution in [0.2, 0.25) is 0 Å². The van der Waals surface area contributed by atoms with Crippen LogP contribution in [0.1, 0.15) is 19.3 Å². The van der Waals surface area contributed by atoms with Gasteiger partial charge in [0.15, 0.2) is 11.4 Å². The quantitative estimate of drug-likeness (QED) is 0.810. The summed E-state index contributed by atoms with van der Waals surface area (Å²) in [5.41, 5.74) is 1.46. The van der Waals surface area contributed by atoms with Gasteiger partial charge in [-0.15, -0.1) is 0 Å². The van der Waals surface area contributed by atoms with Crippen LogP contribution in [0.25, 0.3) is 11.2 Å². The van der Waals surface area contributed by atoms with E-state index >= 15 is 0 Å². The first-order valence-electron chi connectivity index (χ1n) is 7.04. The molecule has 0 unspecified atom stereocenters. The topological polar surface area (TPSA) is 80.0 Å². The van der Waals surface area contributed by atoms with Crippen LogP contribution in [0, 0.1) is 0 Å². The van der Waals surface area contributed by atoms with Crippen LogP contribution in [-0.4, -0.2) is 44.1 Å². The summed E-state index contributed by atoms with van der Waals surface area (Å²) in [4.78, 5) is 20.7. The van der Waals surface area contributed by atoms with Crippen LogP contribution in [0.5, 0.6) is 0 Å². The molecule has 0 amide bonds. The number of pyridine rings is 1. The van der Waals surface area contributed by atoms with E-state index in [2.05, 4.69) is 31.2 Å². The normalized spacial score (nSPS) is 22.6. The lowest BCUT2D eigenvalue weighted by atomic mass is 9.97. The number of piperidine rings is 1. The summed E-state index contributed by atoms with van der Waals surface area (Å²) >= 11 is 3.30. The van der Waals surface area contributed by atoms with E-state index in [9.17, 15) is 9.90 Å². The third-order valence-electron chi connectivity index (χ3n) is 3.79. The number of Topliss-reactive ketones (excluding diaryl/α,β-unsaturated/α-hetero) is 1. The van der Waals surface area contributed by atoms with Crippen molar-refractivity contribution in [2.24, 2.45) is 0 Å². The molecule has 2 aromatic rings. The van der Waals surface area contributed by atoms with Gasteiger partial charge >= 0.3 is 0 Å². The number of carbonyl (C=O) groups is 1. The number of hydrogen-bond donors (Lipinski definition) is 2. The molecule has 0 radical (unpaired) electrons. The fraction of sp³-hybridized carbons (Fsp3) is 0.500. The summed E-state index contributed by atoms with van der Waals surface area (Å²) in [6, 6.07) is 3.59. The van der Waals surface area contributed by atoms with Crippen LogP contribution in [0.15, 0.2) is 23.1 Å². The average molecular weight is 353 g/mol. The summed E-state index contributed by atoms with van der Waals surface area (Å²) in [5.74, 6) is 0.0793. The second-order valence-electron chi connectivity index (χ2n) is 5.36. The van der Waals surface area contributed by atoms with Gasteiger partial charge in [-0.05, 0) is 47.4 Å². The van der Waals surface area contributed by atoms with E-state index in [1.54, 1.807) is 10.9 Å². The highest BCUT2D eigenvalue weighted by Gasteiger charge is 2.24. The van der Waals surface area contributed by atoms with Gasteiger partial charge in [0.2, 0.25) is 0 Å². The average Bonchev–Trinajstić information content (AvgIpc) is 2.83. The minimum Gasteiger partial charge on any atom is -0.391 e. The first-order valence-corrected chi connectivity index (χ1v) is 7.83.